The van der Waals surface area contributed by atoms with Gasteiger partial charge in [0.05, 0.1) is 0 Å². The molecule has 1 aliphatic rings. The number of nitrogens with zero attached hydrogens (tertiary/aromatic N) is 3. The lowest BCUT2D eigenvalue weighted by Gasteiger charge is -2.39. The van der Waals surface area contributed by atoms with Crippen molar-refractivity contribution >= 4 is 21.7 Å². The number of piperidine rings is 1. The fraction of sp³-hybridized carbons (Fsp3) is 0.750. The maximum atomic E-state index is 4.79. The lowest BCUT2D eigenvalue weighted by Crippen LogP contribution is -2.39. The lowest BCUT2D eigenvalue weighted by molar-refractivity contribution is 0.237. The smallest absolute Gasteiger partial charge is 0.137 e. The van der Waals surface area contributed by atoms with E-state index in [0.29, 0.717) is 5.41 Å². The Labute approximate surface area is 131 Å². The number of anilines is 1. The molecule has 2 rings (SSSR count). The first-order chi connectivity index (χ1) is 9.23. The van der Waals surface area contributed by atoms with Crippen molar-refractivity contribution in [3.05, 3.63) is 16.5 Å². The van der Waals surface area contributed by atoms with Crippen LogP contribution in [0.25, 0.3) is 0 Å². The summed E-state index contributed by atoms with van der Waals surface area (Å²) in [5.41, 5.74) is 0.486. The number of aromatic nitrogens is 2. The minimum absolute atomic E-state index is 0.0216. The number of halogens is 1. The highest BCUT2D eigenvalue weighted by molar-refractivity contribution is 9.10. The van der Waals surface area contributed by atoms with Crippen LogP contribution < -0.4 is 4.90 Å². The summed E-state index contributed by atoms with van der Waals surface area (Å²) in [6, 6.07) is 2.05. The summed E-state index contributed by atoms with van der Waals surface area (Å²) in [5, 5.41) is 0. The Balaban J connectivity index is 2.20. The molecule has 1 fully saturated rings. The molecule has 0 amide bonds. The molecule has 3 nitrogen and oxygen atoms in total. The van der Waals surface area contributed by atoms with Crippen LogP contribution in [0.4, 0.5) is 5.82 Å². The number of hydrogen-bond acceptors (Lipinski definition) is 3. The minimum Gasteiger partial charge on any atom is -0.356 e. The van der Waals surface area contributed by atoms with E-state index in [1.165, 1.54) is 19.3 Å². The van der Waals surface area contributed by atoms with E-state index in [0.717, 1.165) is 29.3 Å². The van der Waals surface area contributed by atoms with Crippen LogP contribution in [0.3, 0.4) is 0 Å². The molecule has 0 atom stereocenters. The summed E-state index contributed by atoms with van der Waals surface area (Å²) in [4.78, 5) is 11.7. The largest absolute Gasteiger partial charge is 0.356 e. The lowest BCUT2D eigenvalue weighted by atomic mass is 9.78. The van der Waals surface area contributed by atoms with Gasteiger partial charge in [-0.2, -0.15) is 0 Å². The summed E-state index contributed by atoms with van der Waals surface area (Å²) in [6.45, 7) is 13.4. The predicted molar refractivity (Wildman–Crippen MR) is 88.3 cm³/mol. The molecule has 1 aromatic heterocycles. The van der Waals surface area contributed by atoms with Crippen molar-refractivity contribution in [2.45, 2.75) is 59.3 Å². The summed E-state index contributed by atoms with van der Waals surface area (Å²) < 4.78 is 0.885. The average Bonchev–Trinajstić information content (AvgIpc) is 2.38. The molecule has 4 heteroatoms. The van der Waals surface area contributed by atoms with Crippen molar-refractivity contribution in [2.75, 3.05) is 18.0 Å². The molecule has 20 heavy (non-hydrogen) atoms. The van der Waals surface area contributed by atoms with Gasteiger partial charge in [-0.15, -0.1) is 0 Å². The second-order valence-corrected chi connectivity index (χ2v) is 8.09. The topological polar surface area (TPSA) is 29.0 Å². The zero-order chi connectivity index (χ0) is 15.0. The molecule has 0 spiro atoms. The summed E-state index contributed by atoms with van der Waals surface area (Å²) in [7, 11) is 0. The molecule has 0 aliphatic carbocycles. The van der Waals surface area contributed by atoms with Crippen molar-refractivity contribution in [3.63, 3.8) is 0 Å². The van der Waals surface area contributed by atoms with Crippen LogP contribution in [-0.2, 0) is 5.41 Å². The third-order valence-corrected chi connectivity index (χ3v) is 4.91. The van der Waals surface area contributed by atoms with Gasteiger partial charge in [0.25, 0.3) is 0 Å². The van der Waals surface area contributed by atoms with Gasteiger partial charge in [-0.1, -0.05) is 41.0 Å². The molecular weight excluding hydrogens is 314 g/mol. The van der Waals surface area contributed by atoms with Crippen LogP contribution in [0.15, 0.2) is 10.7 Å². The van der Waals surface area contributed by atoms with Gasteiger partial charge in [-0.3, -0.25) is 0 Å². The van der Waals surface area contributed by atoms with Gasteiger partial charge in [0.15, 0.2) is 0 Å². The maximum Gasteiger partial charge on any atom is 0.137 e. The molecule has 2 heterocycles. The zero-order valence-electron chi connectivity index (χ0n) is 13.3. The highest BCUT2D eigenvalue weighted by Gasteiger charge is 2.29. The van der Waals surface area contributed by atoms with Crippen LogP contribution in [0.5, 0.6) is 0 Å². The SMILES string of the molecule is CCC1(C)CCN(c2cc(Br)nc(C(C)(C)C)n2)CC1. The van der Waals surface area contributed by atoms with E-state index >= 15 is 0 Å². The maximum absolute atomic E-state index is 4.79. The standard InChI is InChI=1S/C16H26BrN3/c1-6-16(5)7-9-20(10-8-16)13-11-12(17)18-14(19-13)15(2,3)4/h11H,6-10H2,1-5H3. The molecule has 0 radical (unpaired) electrons. The van der Waals surface area contributed by atoms with Gasteiger partial charge < -0.3 is 4.90 Å². The van der Waals surface area contributed by atoms with E-state index in [2.05, 4.69) is 60.4 Å². The highest BCUT2D eigenvalue weighted by atomic mass is 79.9. The molecular formula is C16H26BrN3. The van der Waals surface area contributed by atoms with Gasteiger partial charge in [-0.05, 0) is 34.2 Å². The Hall–Kier alpha value is -0.640. The third-order valence-electron chi connectivity index (χ3n) is 4.50. The van der Waals surface area contributed by atoms with Crippen molar-refractivity contribution in [1.29, 1.82) is 0 Å². The van der Waals surface area contributed by atoms with E-state index < -0.39 is 0 Å². The van der Waals surface area contributed by atoms with Gasteiger partial charge in [-0.25, -0.2) is 9.97 Å². The Morgan fingerprint density at radius 2 is 1.85 bits per heavy atom. The Bertz CT molecular complexity index is 471. The van der Waals surface area contributed by atoms with Crippen LogP contribution >= 0.6 is 15.9 Å². The summed E-state index contributed by atoms with van der Waals surface area (Å²) >= 11 is 3.53. The first kappa shape index (κ1) is 15.7. The molecule has 0 aromatic carbocycles. The third kappa shape index (κ3) is 3.51. The van der Waals surface area contributed by atoms with E-state index in [1.807, 2.05) is 6.07 Å². The molecule has 0 N–H and O–H groups in total. The Morgan fingerprint density at radius 3 is 2.35 bits per heavy atom. The second-order valence-electron chi connectivity index (χ2n) is 7.27. The minimum atomic E-state index is -0.0216. The first-order valence-corrected chi connectivity index (χ1v) is 8.33. The molecule has 1 aromatic rings. The van der Waals surface area contributed by atoms with E-state index in [1.54, 1.807) is 0 Å². The van der Waals surface area contributed by atoms with Crippen LogP contribution in [0.2, 0.25) is 0 Å². The van der Waals surface area contributed by atoms with Crippen LogP contribution in [0, 0.1) is 5.41 Å². The van der Waals surface area contributed by atoms with E-state index in [9.17, 15) is 0 Å². The van der Waals surface area contributed by atoms with Gasteiger partial charge in [0.1, 0.15) is 16.2 Å². The predicted octanol–water partition coefficient (Wildman–Crippen LogP) is 4.55. The van der Waals surface area contributed by atoms with E-state index in [-0.39, 0.29) is 5.41 Å². The summed E-state index contributed by atoms with van der Waals surface area (Å²) in [5.74, 6) is 1.97. The van der Waals surface area contributed by atoms with Gasteiger partial charge in [0, 0.05) is 24.6 Å². The molecule has 0 bridgehead atoms. The highest BCUT2D eigenvalue weighted by Crippen LogP contribution is 2.35. The number of rotatable bonds is 2. The monoisotopic (exact) mass is 339 g/mol. The quantitative estimate of drug-likeness (QED) is 0.740. The molecule has 1 aliphatic heterocycles. The molecule has 1 saturated heterocycles. The molecule has 112 valence electrons. The summed E-state index contributed by atoms with van der Waals surface area (Å²) in [6.07, 6.45) is 3.76. The second kappa shape index (κ2) is 5.63. The fourth-order valence-electron chi connectivity index (χ4n) is 2.53. The molecule has 0 unspecified atom stereocenters. The Kier molecular flexibility index (Phi) is 4.43. The van der Waals surface area contributed by atoms with Crippen molar-refractivity contribution in [1.82, 2.24) is 9.97 Å². The molecule has 0 saturated carbocycles. The van der Waals surface area contributed by atoms with Crippen molar-refractivity contribution in [3.8, 4) is 0 Å². The fourth-order valence-corrected chi connectivity index (χ4v) is 2.91. The Morgan fingerprint density at radius 1 is 1.25 bits per heavy atom. The van der Waals surface area contributed by atoms with Gasteiger partial charge >= 0.3 is 0 Å². The number of hydrogen-bond donors (Lipinski definition) is 0. The van der Waals surface area contributed by atoms with Crippen LogP contribution in [-0.4, -0.2) is 23.1 Å². The zero-order valence-corrected chi connectivity index (χ0v) is 14.9. The van der Waals surface area contributed by atoms with E-state index in [4.69, 9.17) is 4.98 Å². The average molecular weight is 340 g/mol. The van der Waals surface area contributed by atoms with Crippen molar-refractivity contribution in [2.24, 2.45) is 5.41 Å². The van der Waals surface area contributed by atoms with Gasteiger partial charge in [0.2, 0.25) is 0 Å². The van der Waals surface area contributed by atoms with Crippen molar-refractivity contribution < 1.29 is 0 Å². The normalized spacial score (nSPS) is 19.2. The van der Waals surface area contributed by atoms with Crippen LogP contribution in [0.1, 0.15) is 59.7 Å². The first-order valence-electron chi connectivity index (χ1n) is 7.53.